The maximum absolute atomic E-state index is 12.1. The van der Waals surface area contributed by atoms with Crippen LogP contribution in [-0.2, 0) is 17.9 Å². The first kappa shape index (κ1) is 17.6. The van der Waals surface area contributed by atoms with Crippen molar-refractivity contribution in [1.29, 1.82) is 0 Å². The molecule has 0 spiro atoms. The number of aromatic nitrogens is 2. The summed E-state index contributed by atoms with van der Waals surface area (Å²) in [6.45, 7) is -0.543. The van der Waals surface area contributed by atoms with Gasteiger partial charge in [0.05, 0.1) is 6.04 Å². The summed E-state index contributed by atoms with van der Waals surface area (Å²) in [4.78, 5) is 21.2. The minimum absolute atomic E-state index is 0.107. The normalized spacial score (nSPS) is 17.4. The Morgan fingerprint density at radius 3 is 2.76 bits per heavy atom. The highest BCUT2D eigenvalue weighted by atomic mass is 35.5. The highest BCUT2D eigenvalue weighted by molar-refractivity contribution is 6.30. The van der Waals surface area contributed by atoms with Crippen LogP contribution in [-0.4, -0.2) is 33.9 Å². The molecule has 0 saturated heterocycles. The SMILES string of the molecule is O=CC1c2ccnc(Cl)c2CN1Cc1ccc(OCC(F)(F)F)nc1. The zero-order valence-corrected chi connectivity index (χ0v) is 13.6. The van der Waals surface area contributed by atoms with Gasteiger partial charge in [0.15, 0.2) is 6.61 Å². The average Bonchev–Trinajstić information content (AvgIpc) is 2.92. The fourth-order valence-corrected chi connectivity index (χ4v) is 2.93. The summed E-state index contributed by atoms with van der Waals surface area (Å²) in [5.41, 5.74) is 2.36. The molecule has 2 aromatic heterocycles. The number of carbonyl (C=O) groups is 1. The lowest BCUT2D eigenvalue weighted by Gasteiger charge is -2.20. The molecule has 25 heavy (non-hydrogen) atoms. The van der Waals surface area contributed by atoms with E-state index in [1.807, 2.05) is 4.90 Å². The van der Waals surface area contributed by atoms with Crippen LogP contribution in [0, 0.1) is 0 Å². The van der Waals surface area contributed by atoms with Crippen molar-refractivity contribution in [3.8, 4) is 5.88 Å². The van der Waals surface area contributed by atoms with Crippen molar-refractivity contribution in [2.24, 2.45) is 0 Å². The third-order valence-corrected chi connectivity index (χ3v) is 4.13. The van der Waals surface area contributed by atoms with E-state index < -0.39 is 18.8 Å². The molecule has 5 nitrogen and oxygen atoms in total. The number of fused-ring (bicyclic) bond motifs is 1. The van der Waals surface area contributed by atoms with Gasteiger partial charge >= 0.3 is 6.18 Å². The molecular weight excluding hydrogens is 359 g/mol. The first-order chi connectivity index (χ1) is 11.9. The zero-order valence-electron chi connectivity index (χ0n) is 12.8. The summed E-state index contributed by atoms with van der Waals surface area (Å²) >= 11 is 6.08. The quantitative estimate of drug-likeness (QED) is 0.596. The lowest BCUT2D eigenvalue weighted by Crippen LogP contribution is -2.23. The number of carbonyl (C=O) groups excluding carboxylic acids is 1. The standard InChI is InChI=1S/C16H13ClF3N3O2/c17-15-12-7-23(13(8-24)11(12)3-4-21-15)6-10-1-2-14(22-5-10)25-9-16(18,19)20/h1-5,8,13H,6-7,9H2. The number of rotatable bonds is 5. The molecule has 2 aromatic rings. The number of nitrogens with zero attached hydrogens (tertiary/aromatic N) is 3. The van der Waals surface area contributed by atoms with Crippen LogP contribution >= 0.6 is 11.6 Å². The van der Waals surface area contributed by atoms with Gasteiger partial charge in [-0.2, -0.15) is 13.2 Å². The van der Waals surface area contributed by atoms with Gasteiger partial charge in [-0.3, -0.25) is 4.90 Å². The first-order valence-electron chi connectivity index (χ1n) is 7.34. The van der Waals surface area contributed by atoms with E-state index in [2.05, 4.69) is 14.7 Å². The Morgan fingerprint density at radius 1 is 1.32 bits per heavy atom. The van der Waals surface area contributed by atoms with Crippen molar-refractivity contribution in [3.05, 3.63) is 52.4 Å². The molecule has 0 saturated carbocycles. The van der Waals surface area contributed by atoms with Crippen LogP contribution in [0.4, 0.5) is 13.2 Å². The van der Waals surface area contributed by atoms with Gasteiger partial charge in [-0.1, -0.05) is 17.7 Å². The van der Waals surface area contributed by atoms with E-state index in [-0.39, 0.29) is 5.88 Å². The maximum Gasteiger partial charge on any atom is 0.422 e. The molecule has 0 radical (unpaired) electrons. The maximum atomic E-state index is 12.1. The Bertz CT molecular complexity index is 768. The van der Waals surface area contributed by atoms with Crippen LogP contribution < -0.4 is 4.74 Å². The lowest BCUT2D eigenvalue weighted by atomic mass is 10.1. The first-order valence-corrected chi connectivity index (χ1v) is 7.72. The van der Waals surface area contributed by atoms with Gasteiger partial charge in [-0.25, -0.2) is 9.97 Å². The highest BCUT2D eigenvalue weighted by Crippen LogP contribution is 2.36. The van der Waals surface area contributed by atoms with Gasteiger partial charge in [0.1, 0.15) is 11.4 Å². The number of halogens is 4. The van der Waals surface area contributed by atoms with Crippen LogP contribution in [0.15, 0.2) is 30.6 Å². The molecule has 0 aromatic carbocycles. The lowest BCUT2D eigenvalue weighted by molar-refractivity contribution is -0.154. The predicted molar refractivity (Wildman–Crippen MR) is 83.1 cm³/mol. The van der Waals surface area contributed by atoms with Gasteiger partial charge in [0, 0.05) is 37.1 Å². The third kappa shape index (κ3) is 4.08. The second-order valence-electron chi connectivity index (χ2n) is 5.56. The zero-order chi connectivity index (χ0) is 18.0. The molecule has 0 fully saturated rings. The molecule has 1 atom stereocenters. The molecule has 1 unspecified atom stereocenters. The number of ether oxygens (including phenoxy) is 1. The Balaban J connectivity index is 1.69. The summed E-state index contributed by atoms with van der Waals surface area (Å²) in [7, 11) is 0. The van der Waals surface area contributed by atoms with Gasteiger partial charge in [-0.15, -0.1) is 0 Å². The van der Waals surface area contributed by atoms with Crippen LogP contribution in [0.5, 0.6) is 5.88 Å². The number of pyridine rings is 2. The van der Waals surface area contributed by atoms with Gasteiger partial charge in [0.2, 0.25) is 5.88 Å². The van der Waals surface area contributed by atoms with Crippen molar-refractivity contribution >= 4 is 17.9 Å². The molecule has 9 heteroatoms. The van der Waals surface area contributed by atoms with Crippen molar-refractivity contribution in [3.63, 3.8) is 0 Å². The second kappa shape index (κ2) is 6.97. The number of alkyl halides is 3. The van der Waals surface area contributed by atoms with Gasteiger partial charge < -0.3 is 9.53 Å². The summed E-state index contributed by atoms with van der Waals surface area (Å²) in [6, 6.07) is 4.29. The van der Waals surface area contributed by atoms with E-state index in [1.165, 1.54) is 12.3 Å². The van der Waals surface area contributed by atoms with Crippen molar-refractivity contribution in [2.45, 2.75) is 25.3 Å². The number of hydrogen-bond donors (Lipinski definition) is 0. The molecule has 3 rings (SSSR count). The molecular formula is C16H13ClF3N3O2. The smallest absolute Gasteiger partial charge is 0.422 e. The molecule has 0 N–H and O–H groups in total. The van der Waals surface area contributed by atoms with E-state index in [4.69, 9.17) is 11.6 Å². The summed E-state index contributed by atoms with van der Waals surface area (Å²) in [5.74, 6) is -0.107. The topological polar surface area (TPSA) is 55.3 Å². The fourth-order valence-electron chi connectivity index (χ4n) is 2.71. The van der Waals surface area contributed by atoms with E-state index in [0.717, 1.165) is 23.0 Å². The minimum atomic E-state index is -4.41. The van der Waals surface area contributed by atoms with Crippen LogP contribution in [0.3, 0.4) is 0 Å². The third-order valence-electron chi connectivity index (χ3n) is 3.81. The Morgan fingerprint density at radius 2 is 2.12 bits per heavy atom. The van der Waals surface area contributed by atoms with Gasteiger partial charge in [0.25, 0.3) is 0 Å². The molecule has 3 heterocycles. The van der Waals surface area contributed by atoms with Crippen molar-refractivity contribution < 1.29 is 22.7 Å². The van der Waals surface area contributed by atoms with Crippen LogP contribution in [0.1, 0.15) is 22.7 Å². The monoisotopic (exact) mass is 371 g/mol. The largest absolute Gasteiger partial charge is 0.468 e. The van der Waals surface area contributed by atoms with Crippen LogP contribution in [0.2, 0.25) is 5.15 Å². The molecule has 1 aliphatic heterocycles. The van der Waals surface area contributed by atoms with Crippen LogP contribution in [0.25, 0.3) is 0 Å². The molecule has 132 valence electrons. The predicted octanol–water partition coefficient (Wildman–Crippen LogP) is 3.33. The Labute approximate surface area is 146 Å². The Hall–Kier alpha value is -2.19. The van der Waals surface area contributed by atoms with Gasteiger partial charge in [-0.05, 0) is 17.2 Å². The van der Waals surface area contributed by atoms with Crippen molar-refractivity contribution in [2.75, 3.05) is 6.61 Å². The summed E-state index contributed by atoms with van der Waals surface area (Å²) < 4.78 is 41.0. The second-order valence-corrected chi connectivity index (χ2v) is 5.92. The summed E-state index contributed by atoms with van der Waals surface area (Å²) in [5, 5.41) is 0.362. The number of aldehydes is 1. The molecule has 0 aliphatic carbocycles. The fraction of sp³-hybridized carbons (Fsp3) is 0.312. The van der Waals surface area contributed by atoms with E-state index >= 15 is 0 Å². The highest BCUT2D eigenvalue weighted by Gasteiger charge is 2.32. The average molecular weight is 372 g/mol. The van der Waals surface area contributed by atoms with E-state index in [9.17, 15) is 18.0 Å². The molecule has 0 amide bonds. The van der Waals surface area contributed by atoms with Crippen molar-refractivity contribution in [1.82, 2.24) is 14.9 Å². The molecule has 0 bridgehead atoms. The number of hydrogen-bond acceptors (Lipinski definition) is 5. The summed E-state index contributed by atoms with van der Waals surface area (Å²) in [6.07, 6.45) is -0.603. The van der Waals surface area contributed by atoms with E-state index in [0.29, 0.717) is 18.2 Å². The van der Waals surface area contributed by atoms with E-state index in [1.54, 1.807) is 18.3 Å². The minimum Gasteiger partial charge on any atom is -0.468 e. The Kier molecular flexibility index (Phi) is 4.91. The molecule has 1 aliphatic rings.